The standard InChI is InChI=1S/C31H38FN3O5S2/c1-40-29-16-22(42(2,38)39)10-11-27(29)33-13-4-7-30-24(15-20-8-9-20)23-5-3-6-28(31(23)41-30)34-26-12-14-35(18-25(26)32)17-21(37)19-36/h3,5-6,10-11,16,20-21,25-26,33-34,36-37H,8-9,12-15,17-19H2,1-2H3. The molecule has 2 heterocycles. The first kappa shape index (κ1) is 30.6. The molecule has 1 aliphatic carbocycles. The first-order valence-electron chi connectivity index (χ1n) is 14.2. The van der Waals surface area contributed by atoms with Crippen molar-refractivity contribution < 1.29 is 27.8 Å². The minimum atomic E-state index is -3.34. The van der Waals surface area contributed by atoms with Crippen LogP contribution < -0.4 is 15.4 Å². The second kappa shape index (κ2) is 13.2. The second-order valence-electron chi connectivity index (χ2n) is 11.2. The zero-order chi connectivity index (χ0) is 29.9. The third-order valence-corrected chi connectivity index (χ3v) is 10.1. The highest BCUT2D eigenvalue weighted by Gasteiger charge is 2.31. The largest absolute Gasteiger partial charge is 0.495 e. The third-order valence-electron chi connectivity index (χ3n) is 7.82. The number of thiophene rings is 1. The zero-order valence-electron chi connectivity index (χ0n) is 23.9. The van der Waals surface area contributed by atoms with Crippen molar-refractivity contribution >= 4 is 42.6 Å². The Morgan fingerprint density at radius 1 is 1.21 bits per heavy atom. The molecule has 42 heavy (non-hydrogen) atoms. The Morgan fingerprint density at radius 3 is 2.71 bits per heavy atom. The van der Waals surface area contributed by atoms with Gasteiger partial charge in [-0.25, -0.2) is 12.8 Å². The van der Waals surface area contributed by atoms with Gasteiger partial charge in [0.2, 0.25) is 0 Å². The predicted molar refractivity (Wildman–Crippen MR) is 166 cm³/mol. The van der Waals surface area contributed by atoms with Gasteiger partial charge < -0.3 is 25.6 Å². The summed E-state index contributed by atoms with van der Waals surface area (Å²) in [6.07, 6.45) is 3.22. The van der Waals surface area contributed by atoms with Crippen molar-refractivity contribution in [3.8, 4) is 17.6 Å². The molecule has 0 spiro atoms. The SMILES string of the molecule is COc1cc(S(C)(=O)=O)ccc1NCC#Cc1sc2c(NC3CCN(CC(O)CO)CC3F)cccc2c1CC1CC1. The Hall–Kier alpha value is -2.88. The Bertz CT molecular complexity index is 1580. The molecule has 226 valence electrons. The number of nitrogens with zero attached hydrogens (tertiary/aromatic N) is 1. The van der Waals surface area contributed by atoms with E-state index >= 15 is 4.39 Å². The summed E-state index contributed by atoms with van der Waals surface area (Å²) < 4.78 is 45.4. The lowest BCUT2D eigenvalue weighted by Gasteiger charge is -2.36. The van der Waals surface area contributed by atoms with Crippen LogP contribution in [0.3, 0.4) is 0 Å². The van der Waals surface area contributed by atoms with Gasteiger partial charge in [0, 0.05) is 32.0 Å². The number of piperidine rings is 1. The van der Waals surface area contributed by atoms with Crippen molar-refractivity contribution in [3.63, 3.8) is 0 Å². The van der Waals surface area contributed by atoms with Gasteiger partial charge in [0.1, 0.15) is 11.9 Å². The number of hydrogen-bond acceptors (Lipinski definition) is 9. The molecule has 1 aromatic heterocycles. The molecular weight excluding hydrogens is 577 g/mol. The second-order valence-corrected chi connectivity index (χ2v) is 14.2. The number of halogens is 1. The van der Waals surface area contributed by atoms with Crippen molar-refractivity contribution in [2.75, 3.05) is 56.8 Å². The maximum atomic E-state index is 15.2. The van der Waals surface area contributed by atoms with Crippen LogP contribution >= 0.6 is 11.3 Å². The van der Waals surface area contributed by atoms with Crippen LogP contribution in [0.15, 0.2) is 41.3 Å². The number of fused-ring (bicyclic) bond motifs is 1. The van der Waals surface area contributed by atoms with E-state index in [1.165, 1.54) is 31.6 Å². The molecule has 1 saturated heterocycles. The van der Waals surface area contributed by atoms with Crippen LogP contribution in [-0.4, -0.2) is 88.0 Å². The molecule has 3 atom stereocenters. The summed E-state index contributed by atoms with van der Waals surface area (Å²) in [6, 6.07) is 10.5. The fourth-order valence-corrected chi connectivity index (χ4v) is 7.18. The average Bonchev–Trinajstić information content (AvgIpc) is 3.72. The van der Waals surface area contributed by atoms with Crippen molar-refractivity contribution in [2.45, 2.75) is 48.9 Å². The molecule has 0 bridgehead atoms. The number of anilines is 2. The van der Waals surface area contributed by atoms with Crippen LogP contribution in [0.2, 0.25) is 0 Å². The van der Waals surface area contributed by atoms with Crippen molar-refractivity contribution in [1.29, 1.82) is 0 Å². The van der Waals surface area contributed by atoms with Crippen LogP contribution in [-0.2, 0) is 16.3 Å². The minimum absolute atomic E-state index is 0.195. The highest BCUT2D eigenvalue weighted by Crippen LogP contribution is 2.42. The van der Waals surface area contributed by atoms with E-state index in [4.69, 9.17) is 9.84 Å². The van der Waals surface area contributed by atoms with Crippen LogP contribution in [0, 0.1) is 17.8 Å². The lowest BCUT2D eigenvalue weighted by molar-refractivity contribution is 0.0365. The molecule has 0 radical (unpaired) electrons. The lowest BCUT2D eigenvalue weighted by Crippen LogP contribution is -2.50. The lowest BCUT2D eigenvalue weighted by atomic mass is 10.0. The van der Waals surface area contributed by atoms with Gasteiger partial charge in [0.15, 0.2) is 9.84 Å². The molecule has 2 aromatic carbocycles. The summed E-state index contributed by atoms with van der Waals surface area (Å²) in [5.74, 6) is 7.70. The van der Waals surface area contributed by atoms with Crippen molar-refractivity contribution in [2.24, 2.45) is 5.92 Å². The monoisotopic (exact) mass is 615 g/mol. The molecule has 8 nitrogen and oxygen atoms in total. The predicted octanol–water partition coefficient (Wildman–Crippen LogP) is 3.91. The molecule has 5 rings (SSSR count). The summed E-state index contributed by atoms with van der Waals surface area (Å²) in [5, 5.41) is 26.7. The Labute approximate surface area is 250 Å². The fourth-order valence-electron chi connectivity index (χ4n) is 5.36. The molecule has 3 aromatic rings. The number of benzene rings is 2. The van der Waals surface area contributed by atoms with Gasteiger partial charge in [-0.1, -0.05) is 24.0 Å². The number of aliphatic hydroxyl groups excluding tert-OH is 2. The number of methoxy groups -OCH3 is 1. The first-order valence-corrected chi connectivity index (χ1v) is 16.9. The third kappa shape index (κ3) is 7.36. The van der Waals surface area contributed by atoms with Crippen molar-refractivity contribution in [3.05, 3.63) is 46.8 Å². The van der Waals surface area contributed by atoms with Crippen LogP contribution in [0.25, 0.3) is 10.1 Å². The van der Waals surface area contributed by atoms with Gasteiger partial charge >= 0.3 is 0 Å². The Balaban J connectivity index is 1.33. The molecule has 0 amide bonds. The van der Waals surface area contributed by atoms with Gasteiger partial charge in [0.05, 0.1) is 58.3 Å². The van der Waals surface area contributed by atoms with Crippen molar-refractivity contribution in [1.82, 2.24) is 4.90 Å². The molecular formula is C31H38FN3O5S2. The van der Waals surface area contributed by atoms with Crippen LogP contribution in [0.5, 0.6) is 5.75 Å². The number of nitrogens with one attached hydrogen (secondary N) is 2. The minimum Gasteiger partial charge on any atom is -0.495 e. The summed E-state index contributed by atoms with van der Waals surface area (Å²) in [5.41, 5.74) is 2.82. The molecule has 2 aliphatic rings. The number of β-amino-alcohol motifs (C(OH)–C–C–N with tert-alkyl or cyclic N) is 1. The number of hydrogen-bond donors (Lipinski definition) is 4. The molecule has 4 N–H and O–H groups in total. The average molecular weight is 616 g/mol. The number of ether oxygens (including phenoxy) is 1. The normalized spacial score (nSPS) is 20.1. The van der Waals surface area contributed by atoms with E-state index in [-0.39, 0.29) is 30.6 Å². The fraction of sp³-hybridized carbons (Fsp3) is 0.484. The maximum absolute atomic E-state index is 15.2. The maximum Gasteiger partial charge on any atom is 0.175 e. The quantitative estimate of drug-likeness (QED) is 0.241. The molecule has 3 unspecified atom stereocenters. The van der Waals surface area contributed by atoms with E-state index in [0.29, 0.717) is 36.9 Å². The molecule has 1 aliphatic heterocycles. The first-order chi connectivity index (χ1) is 20.2. The molecule has 11 heteroatoms. The summed E-state index contributed by atoms with van der Waals surface area (Å²) in [4.78, 5) is 3.07. The number of rotatable bonds is 11. The van der Waals surface area contributed by atoms with Gasteiger partial charge in [-0.3, -0.25) is 4.90 Å². The van der Waals surface area contributed by atoms with E-state index in [0.717, 1.165) is 33.3 Å². The van der Waals surface area contributed by atoms with Crippen LogP contribution in [0.1, 0.15) is 29.7 Å². The van der Waals surface area contributed by atoms with Gasteiger partial charge in [-0.15, -0.1) is 11.3 Å². The van der Waals surface area contributed by atoms with E-state index in [2.05, 4.69) is 28.5 Å². The number of sulfone groups is 1. The molecule has 1 saturated carbocycles. The number of alkyl halides is 1. The Morgan fingerprint density at radius 2 is 2.02 bits per heavy atom. The summed E-state index contributed by atoms with van der Waals surface area (Å²) >= 11 is 1.63. The van der Waals surface area contributed by atoms with E-state index in [1.54, 1.807) is 23.5 Å². The van der Waals surface area contributed by atoms with E-state index in [9.17, 15) is 13.5 Å². The topological polar surface area (TPSA) is 111 Å². The van der Waals surface area contributed by atoms with E-state index in [1.807, 2.05) is 17.0 Å². The summed E-state index contributed by atoms with van der Waals surface area (Å²) in [6.45, 7) is 1.16. The van der Waals surface area contributed by atoms with Gasteiger partial charge in [-0.2, -0.15) is 0 Å². The summed E-state index contributed by atoms with van der Waals surface area (Å²) in [7, 11) is -1.84. The zero-order valence-corrected chi connectivity index (χ0v) is 25.5. The van der Waals surface area contributed by atoms with E-state index < -0.39 is 22.1 Å². The van der Waals surface area contributed by atoms with Crippen LogP contribution in [0.4, 0.5) is 15.8 Å². The highest BCUT2D eigenvalue weighted by atomic mass is 32.2. The van der Waals surface area contributed by atoms with Gasteiger partial charge in [0.25, 0.3) is 0 Å². The molecule has 2 fully saturated rings. The smallest absolute Gasteiger partial charge is 0.175 e. The number of aliphatic hydroxyl groups is 2. The van der Waals surface area contributed by atoms with Gasteiger partial charge in [-0.05, 0) is 60.7 Å². The Kier molecular flexibility index (Phi) is 9.60. The highest BCUT2D eigenvalue weighted by molar-refractivity contribution is 7.90. The number of likely N-dealkylation sites (tertiary alicyclic amines) is 1.